The summed E-state index contributed by atoms with van der Waals surface area (Å²) in [7, 11) is -1.27. The summed E-state index contributed by atoms with van der Waals surface area (Å²) in [5.74, 6) is 0.406. The van der Waals surface area contributed by atoms with E-state index in [-0.39, 0.29) is 12.0 Å². The summed E-state index contributed by atoms with van der Waals surface area (Å²) in [6, 6.07) is 6.93. The Balaban J connectivity index is 1.70. The zero-order valence-electron chi connectivity index (χ0n) is 14.4. The fraction of sp³-hybridized carbons (Fsp3) is 0.556. The lowest BCUT2D eigenvalue weighted by Gasteiger charge is -2.50. The number of nitrogens with zero attached hydrogens (tertiary/aromatic N) is 1. The molecule has 2 heterocycles. The summed E-state index contributed by atoms with van der Waals surface area (Å²) in [5, 5.41) is 1.36. The van der Waals surface area contributed by atoms with Crippen LogP contribution >= 0.6 is 0 Å². The van der Waals surface area contributed by atoms with Crippen LogP contribution in [0.2, 0.25) is 0 Å². The molecule has 2 aliphatic rings. The van der Waals surface area contributed by atoms with Gasteiger partial charge >= 0.3 is 0 Å². The standard InChI is InChI=1S/C18H24N2O3S/c1-18(11-23-24(3,21)22)8-14-13-5-4-6-15-17(13)12(9-19-15)7-16(14)20(2)10-18/h4-6,9,14,16,19H,7-8,10-11H2,1-3H3/t14?,16-,18-/m1/s1. The van der Waals surface area contributed by atoms with E-state index in [1.165, 1.54) is 22.0 Å². The zero-order chi connectivity index (χ0) is 17.1. The molecule has 5 nitrogen and oxygen atoms in total. The molecule has 1 aromatic carbocycles. The van der Waals surface area contributed by atoms with Crippen LogP contribution in [0.15, 0.2) is 24.4 Å². The van der Waals surface area contributed by atoms with Gasteiger partial charge in [-0.15, -0.1) is 0 Å². The maximum Gasteiger partial charge on any atom is 0.264 e. The third-order valence-electron chi connectivity index (χ3n) is 5.64. The Morgan fingerprint density at radius 2 is 2.21 bits per heavy atom. The molecule has 0 spiro atoms. The van der Waals surface area contributed by atoms with Crippen molar-refractivity contribution in [2.75, 3.05) is 26.5 Å². The minimum absolute atomic E-state index is 0.172. The highest BCUT2D eigenvalue weighted by molar-refractivity contribution is 7.85. The van der Waals surface area contributed by atoms with E-state index < -0.39 is 10.1 Å². The molecule has 1 saturated heterocycles. The molecule has 1 fully saturated rings. The van der Waals surface area contributed by atoms with Gasteiger partial charge in [0.05, 0.1) is 12.9 Å². The SMILES string of the molecule is CN1C[C@](C)(COS(C)(=O)=O)CC2c3cccc4[nH]cc(c34)C[C@H]21. The number of likely N-dealkylation sites (N-methyl/N-ethyl adjacent to an activating group) is 1. The van der Waals surface area contributed by atoms with Crippen LogP contribution in [0.1, 0.15) is 30.4 Å². The minimum atomic E-state index is -3.41. The quantitative estimate of drug-likeness (QED) is 0.866. The van der Waals surface area contributed by atoms with Crippen LogP contribution in [0.3, 0.4) is 0 Å². The van der Waals surface area contributed by atoms with Crippen molar-refractivity contribution in [3.05, 3.63) is 35.5 Å². The third-order valence-corrected chi connectivity index (χ3v) is 6.19. The lowest BCUT2D eigenvalue weighted by atomic mass is 9.67. The lowest BCUT2D eigenvalue weighted by Crippen LogP contribution is -2.53. The Kier molecular flexibility index (Phi) is 3.57. The molecule has 0 saturated carbocycles. The highest BCUT2D eigenvalue weighted by atomic mass is 32.2. The highest BCUT2D eigenvalue weighted by Crippen LogP contribution is 2.47. The number of H-pyrrole nitrogens is 1. The second-order valence-corrected chi connectivity index (χ2v) is 9.50. The van der Waals surface area contributed by atoms with Gasteiger partial charge in [0, 0.05) is 41.0 Å². The van der Waals surface area contributed by atoms with Gasteiger partial charge < -0.3 is 9.88 Å². The van der Waals surface area contributed by atoms with Crippen molar-refractivity contribution < 1.29 is 12.6 Å². The van der Waals surface area contributed by atoms with Gasteiger partial charge in [-0.1, -0.05) is 19.1 Å². The number of likely N-dealkylation sites (tertiary alicyclic amines) is 1. The fourth-order valence-corrected chi connectivity index (χ4v) is 5.21. The third kappa shape index (κ3) is 2.66. The normalized spacial score (nSPS) is 30.5. The molecular weight excluding hydrogens is 324 g/mol. The molecule has 3 atom stereocenters. The topological polar surface area (TPSA) is 62.4 Å². The fourth-order valence-electron chi connectivity index (χ4n) is 4.71. The smallest absolute Gasteiger partial charge is 0.264 e. The van der Waals surface area contributed by atoms with Gasteiger partial charge in [0.15, 0.2) is 0 Å². The van der Waals surface area contributed by atoms with Gasteiger partial charge in [-0.05, 0) is 37.1 Å². The first-order valence-electron chi connectivity index (χ1n) is 8.39. The Bertz CT molecular complexity index is 889. The summed E-state index contributed by atoms with van der Waals surface area (Å²) in [5.41, 5.74) is 3.81. The van der Waals surface area contributed by atoms with E-state index in [0.717, 1.165) is 25.6 Å². The van der Waals surface area contributed by atoms with Crippen LogP contribution in [0.4, 0.5) is 0 Å². The largest absolute Gasteiger partial charge is 0.361 e. The number of nitrogens with one attached hydrogen (secondary N) is 1. The number of aromatic amines is 1. The predicted molar refractivity (Wildman–Crippen MR) is 94.7 cm³/mol. The Labute approximate surface area is 143 Å². The van der Waals surface area contributed by atoms with Crippen LogP contribution < -0.4 is 0 Å². The number of rotatable bonds is 3. The Morgan fingerprint density at radius 3 is 2.96 bits per heavy atom. The second kappa shape index (κ2) is 5.31. The number of fused-ring (bicyclic) bond motifs is 2. The van der Waals surface area contributed by atoms with Gasteiger partial charge in [0.1, 0.15) is 0 Å². The van der Waals surface area contributed by atoms with Crippen molar-refractivity contribution >= 4 is 21.0 Å². The first-order valence-corrected chi connectivity index (χ1v) is 10.2. The van der Waals surface area contributed by atoms with Gasteiger partial charge in [0.2, 0.25) is 0 Å². The maximum atomic E-state index is 11.4. The van der Waals surface area contributed by atoms with Crippen LogP contribution in [-0.4, -0.2) is 50.8 Å². The first kappa shape index (κ1) is 16.1. The molecule has 1 aromatic heterocycles. The molecule has 2 aromatic rings. The number of hydrogen-bond donors (Lipinski definition) is 1. The number of piperidine rings is 1. The van der Waals surface area contributed by atoms with Crippen molar-refractivity contribution in [1.29, 1.82) is 0 Å². The van der Waals surface area contributed by atoms with E-state index in [9.17, 15) is 8.42 Å². The van der Waals surface area contributed by atoms with Gasteiger partial charge in [-0.3, -0.25) is 4.18 Å². The summed E-state index contributed by atoms with van der Waals surface area (Å²) in [6.07, 6.45) is 5.25. The molecule has 0 bridgehead atoms. The molecular formula is C18H24N2O3S. The van der Waals surface area contributed by atoms with Crippen LogP contribution in [-0.2, 0) is 20.7 Å². The molecule has 0 radical (unpaired) electrons. The van der Waals surface area contributed by atoms with Crippen molar-refractivity contribution in [3.8, 4) is 0 Å². The highest BCUT2D eigenvalue weighted by Gasteiger charge is 2.44. The van der Waals surface area contributed by atoms with Crippen molar-refractivity contribution in [2.45, 2.75) is 31.7 Å². The maximum absolute atomic E-state index is 11.4. The number of aromatic nitrogens is 1. The summed E-state index contributed by atoms with van der Waals surface area (Å²) >= 11 is 0. The molecule has 1 unspecified atom stereocenters. The lowest BCUT2D eigenvalue weighted by molar-refractivity contribution is 0.0224. The van der Waals surface area contributed by atoms with Gasteiger partial charge in [-0.25, -0.2) is 0 Å². The minimum Gasteiger partial charge on any atom is -0.361 e. The molecule has 0 amide bonds. The second-order valence-electron chi connectivity index (χ2n) is 7.86. The van der Waals surface area contributed by atoms with Crippen molar-refractivity contribution in [2.24, 2.45) is 5.41 Å². The average molecular weight is 348 g/mol. The molecule has 6 heteroatoms. The number of benzene rings is 1. The van der Waals surface area contributed by atoms with Gasteiger partial charge in [-0.2, -0.15) is 8.42 Å². The van der Waals surface area contributed by atoms with Crippen molar-refractivity contribution in [1.82, 2.24) is 9.88 Å². The van der Waals surface area contributed by atoms with Crippen molar-refractivity contribution in [3.63, 3.8) is 0 Å². The summed E-state index contributed by atoms with van der Waals surface area (Å²) in [6.45, 7) is 3.23. The van der Waals surface area contributed by atoms with Gasteiger partial charge in [0.25, 0.3) is 10.1 Å². The summed E-state index contributed by atoms with van der Waals surface area (Å²) in [4.78, 5) is 5.77. The number of hydrogen-bond acceptors (Lipinski definition) is 4. The molecule has 4 rings (SSSR count). The Hall–Kier alpha value is -1.37. The van der Waals surface area contributed by atoms with E-state index in [1.807, 2.05) is 0 Å². The average Bonchev–Trinajstić information content (AvgIpc) is 2.91. The Morgan fingerprint density at radius 1 is 1.42 bits per heavy atom. The molecule has 1 N–H and O–H groups in total. The van der Waals surface area contributed by atoms with E-state index >= 15 is 0 Å². The zero-order valence-corrected chi connectivity index (χ0v) is 15.2. The van der Waals surface area contributed by atoms with E-state index in [4.69, 9.17) is 4.18 Å². The van der Waals surface area contributed by atoms with Crippen LogP contribution in [0.5, 0.6) is 0 Å². The van der Waals surface area contributed by atoms with E-state index in [0.29, 0.717) is 12.0 Å². The predicted octanol–water partition coefficient (Wildman–Crippen LogP) is 2.49. The monoisotopic (exact) mass is 348 g/mol. The van der Waals surface area contributed by atoms with Crippen LogP contribution in [0, 0.1) is 5.41 Å². The first-order chi connectivity index (χ1) is 11.3. The molecule has 130 valence electrons. The molecule has 1 aliphatic heterocycles. The van der Waals surface area contributed by atoms with Crippen LogP contribution in [0.25, 0.3) is 10.9 Å². The molecule has 24 heavy (non-hydrogen) atoms. The van der Waals surface area contributed by atoms with E-state index in [2.05, 4.69) is 48.3 Å². The summed E-state index contributed by atoms with van der Waals surface area (Å²) < 4.78 is 28.0. The molecule has 1 aliphatic carbocycles. The van der Waals surface area contributed by atoms with E-state index in [1.54, 1.807) is 0 Å².